The summed E-state index contributed by atoms with van der Waals surface area (Å²) in [6.45, 7) is 2.01. The lowest BCUT2D eigenvalue weighted by molar-refractivity contribution is 0.0744. The number of nitrogens with zero attached hydrogens (tertiary/aromatic N) is 2. The maximum Gasteiger partial charge on any atom is 0.256 e. The largest absolute Gasteiger partial charge is 0.339 e. The molecule has 0 spiro atoms. The monoisotopic (exact) mass is 328 g/mol. The van der Waals surface area contributed by atoms with Crippen LogP contribution in [0.1, 0.15) is 22.2 Å². The lowest BCUT2D eigenvalue weighted by Crippen LogP contribution is -2.36. The Morgan fingerprint density at radius 3 is 2.75 bits per heavy atom. The van der Waals surface area contributed by atoms with E-state index in [9.17, 15) is 4.79 Å². The number of rotatable bonds is 4. The summed E-state index contributed by atoms with van der Waals surface area (Å²) in [7, 11) is 1.77. The SMILES string of the molecule is CC(Cc1cccs1)N(C)C(=O)c1ccc(Cl)nc1Cl. The van der Waals surface area contributed by atoms with Crippen molar-refractivity contribution in [2.24, 2.45) is 0 Å². The summed E-state index contributed by atoms with van der Waals surface area (Å²) in [6.07, 6.45) is 0.818. The number of halogens is 2. The number of carbonyl (C=O) groups is 1. The van der Waals surface area contributed by atoms with Crippen LogP contribution in [0.3, 0.4) is 0 Å². The molecule has 0 N–H and O–H groups in total. The molecule has 1 atom stereocenters. The molecule has 2 rings (SSSR count). The van der Waals surface area contributed by atoms with E-state index in [1.165, 1.54) is 4.88 Å². The van der Waals surface area contributed by atoms with Crippen molar-refractivity contribution in [3.63, 3.8) is 0 Å². The molecule has 2 aromatic rings. The van der Waals surface area contributed by atoms with Crippen LogP contribution >= 0.6 is 34.5 Å². The zero-order chi connectivity index (χ0) is 14.7. The van der Waals surface area contributed by atoms with Crippen LogP contribution in [0.15, 0.2) is 29.6 Å². The number of thiophene rings is 1. The predicted octanol–water partition coefficient (Wildman–Crippen LogP) is 4.15. The minimum Gasteiger partial charge on any atom is -0.339 e. The Morgan fingerprint density at radius 2 is 2.15 bits per heavy atom. The van der Waals surface area contributed by atoms with E-state index in [1.54, 1.807) is 35.4 Å². The molecule has 0 fully saturated rings. The van der Waals surface area contributed by atoms with Gasteiger partial charge in [0.25, 0.3) is 5.91 Å². The van der Waals surface area contributed by atoms with Gasteiger partial charge in [-0.2, -0.15) is 0 Å². The second kappa shape index (κ2) is 6.57. The standard InChI is InChI=1S/C14H14Cl2N2OS/c1-9(8-10-4-3-7-20-10)18(2)14(19)11-5-6-12(15)17-13(11)16/h3-7,9H,8H2,1-2H3. The summed E-state index contributed by atoms with van der Waals surface area (Å²) in [4.78, 5) is 19.2. The first-order valence-electron chi connectivity index (χ1n) is 6.10. The minimum absolute atomic E-state index is 0.0768. The van der Waals surface area contributed by atoms with Crippen molar-refractivity contribution in [3.8, 4) is 0 Å². The first-order valence-corrected chi connectivity index (χ1v) is 7.74. The number of aromatic nitrogens is 1. The number of pyridine rings is 1. The Morgan fingerprint density at radius 1 is 1.40 bits per heavy atom. The molecular weight excluding hydrogens is 315 g/mol. The van der Waals surface area contributed by atoms with Gasteiger partial charge in [0.15, 0.2) is 0 Å². The topological polar surface area (TPSA) is 33.2 Å². The van der Waals surface area contributed by atoms with E-state index in [4.69, 9.17) is 23.2 Å². The van der Waals surface area contributed by atoms with Crippen molar-refractivity contribution in [1.29, 1.82) is 0 Å². The molecule has 0 aromatic carbocycles. The van der Waals surface area contributed by atoms with E-state index in [0.717, 1.165) is 6.42 Å². The Hall–Kier alpha value is -1.10. The first-order chi connectivity index (χ1) is 9.49. The van der Waals surface area contributed by atoms with Gasteiger partial charge in [-0.1, -0.05) is 29.3 Å². The van der Waals surface area contributed by atoms with Crippen molar-refractivity contribution in [2.45, 2.75) is 19.4 Å². The fourth-order valence-electron chi connectivity index (χ4n) is 1.82. The van der Waals surface area contributed by atoms with Gasteiger partial charge in [0.2, 0.25) is 0 Å². The zero-order valence-corrected chi connectivity index (χ0v) is 13.5. The van der Waals surface area contributed by atoms with Gasteiger partial charge in [-0.05, 0) is 30.5 Å². The highest BCUT2D eigenvalue weighted by Crippen LogP contribution is 2.20. The normalized spacial score (nSPS) is 12.2. The average molecular weight is 329 g/mol. The number of amides is 1. The number of hydrogen-bond acceptors (Lipinski definition) is 3. The summed E-state index contributed by atoms with van der Waals surface area (Å²) >= 11 is 13.4. The van der Waals surface area contributed by atoms with E-state index in [1.807, 2.05) is 18.4 Å². The Labute approximate surface area is 132 Å². The number of hydrogen-bond donors (Lipinski definition) is 0. The Bertz CT molecular complexity index is 601. The molecule has 2 heterocycles. The highest BCUT2D eigenvalue weighted by molar-refractivity contribution is 7.09. The maximum absolute atomic E-state index is 12.4. The van der Waals surface area contributed by atoms with Crippen LogP contribution in [-0.2, 0) is 6.42 Å². The second-order valence-corrected chi connectivity index (χ2v) is 6.30. The van der Waals surface area contributed by atoms with Crippen LogP contribution in [-0.4, -0.2) is 28.9 Å². The second-order valence-electron chi connectivity index (χ2n) is 4.52. The molecular formula is C14H14Cl2N2OS. The van der Waals surface area contributed by atoms with Crippen molar-refractivity contribution in [2.75, 3.05) is 7.05 Å². The summed E-state index contributed by atoms with van der Waals surface area (Å²) in [5, 5.41) is 2.45. The van der Waals surface area contributed by atoms with Gasteiger partial charge in [0, 0.05) is 24.4 Å². The molecule has 20 heavy (non-hydrogen) atoms. The van der Waals surface area contributed by atoms with Crippen molar-refractivity contribution in [1.82, 2.24) is 9.88 Å². The van der Waals surface area contributed by atoms with Gasteiger partial charge < -0.3 is 4.90 Å². The Kier molecular flexibility index (Phi) is 5.02. The molecule has 2 aromatic heterocycles. The van der Waals surface area contributed by atoms with Crippen LogP contribution in [0.5, 0.6) is 0 Å². The van der Waals surface area contributed by atoms with Crippen molar-refractivity contribution in [3.05, 3.63) is 50.4 Å². The molecule has 0 aliphatic rings. The maximum atomic E-state index is 12.4. The molecule has 0 aliphatic carbocycles. The van der Waals surface area contributed by atoms with E-state index in [0.29, 0.717) is 5.56 Å². The third-order valence-corrected chi connectivity index (χ3v) is 4.50. The van der Waals surface area contributed by atoms with Crippen LogP contribution in [0.4, 0.5) is 0 Å². The van der Waals surface area contributed by atoms with E-state index in [2.05, 4.69) is 11.1 Å². The van der Waals surface area contributed by atoms with Crippen LogP contribution in [0, 0.1) is 0 Å². The molecule has 6 heteroatoms. The third kappa shape index (κ3) is 3.51. The molecule has 0 saturated carbocycles. The Balaban J connectivity index is 2.11. The molecule has 0 radical (unpaired) electrons. The highest BCUT2D eigenvalue weighted by Gasteiger charge is 2.21. The third-order valence-electron chi connectivity index (χ3n) is 3.10. The highest BCUT2D eigenvalue weighted by atomic mass is 35.5. The average Bonchev–Trinajstić information content (AvgIpc) is 2.90. The van der Waals surface area contributed by atoms with Gasteiger partial charge >= 0.3 is 0 Å². The smallest absolute Gasteiger partial charge is 0.256 e. The molecule has 1 amide bonds. The van der Waals surface area contributed by atoms with Crippen LogP contribution in [0.2, 0.25) is 10.3 Å². The van der Waals surface area contributed by atoms with Gasteiger partial charge in [0.1, 0.15) is 10.3 Å². The van der Waals surface area contributed by atoms with Gasteiger partial charge in [-0.15, -0.1) is 11.3 Å². The molecule has 1 unspecified atom stereocenters. The summed E-state index contributed by atoms with van der Waals surface area (Å²) < 4.78 is 0. The molecule has 0 bridgehead atoms. The number of likely N-dealkylation sites (N-methyl/N-ethyl adjacent to an activating group) is 1. The van der Waals surface area contributed by atoms with Gasteiger partial charge in [-0.25, -0.2) is 4.98 Å². The van der Waals surface area contributed by atoms with Crippen LogP contribution in [0.25, 0.3) is 0 Å². The molecule has 3 nitrogen and oxygen atoms in total. The summed E-state index contributed by atoms with van der Waals surface area (Å²) in [5.41, 5.74) is 0.372. The van der Waals surface area contributed by atoms with Crippen molar-refractivity contribution < 1.29 is 4.79 Å². The quantitative estimate of drug-likeness (QED) is 0.790. The molecule has 106 valence electrons. The van der Waals surface area contributed by atoms with E-state index >= 15 is 0 Å². The lowest BCUT2D eigenvalue weighted by atomic mass is 10.1. The summed E-state index contributed by atoms with van der Waals surface area (Å²) in [5.74, 6) is -0.150. The molecule has 0 saturated heterocycles. The number of carbonyl (C=O) groups excluding carboxylic acids is 1. The van der Waals surface area contributed by atoms with Gasteiger partial charge in [-0.3, -0.25) is 4.79 Å². The fraction of sp³-hybridized carbons (Fsp3) is 0.286. The van der Waals surface area contributed by atoms with E-state index in [-0.39, 0.29) is 22.3 Å². The van der Waals surface area contributed by atoms with Gasteiger partial charge in [0.05, 0.1) is 5.56 Å². The fourth-order valence-corrected chi connectivity index (χ4v) is 3.07. The van der Waals surface area contributed by atoms with Crippen molar-refractivity contribution >= 4 is 40.4 Å². The minimum atomic E-state index is -0.150. The van der Waals surface area contributed by atoms with E-state index < -0.39 is 0 Å². The zero-order valence-electron chi connectivity index (χ0n) is 11.1. The first kappa shape index (κ1) is 15.3. The lowest BCUT2D eigenvalue weighted by Gasteiger charge is -2.25. The molecule has 0 aliphatic heterocycles. The van der Waals surface area contributed by atoms with Crippen LogP contribution < -0.4 is 0 Å². The predicted molar refractivity (Wildman–Crippen MR) is 83.8 cm³/mol. The summed E-state index contributed by atoms with van der Waals surface area (Å²) in [6, 6.07) is 7.32.